The zero-order valence-corrected chi connectivity index (χ0v) is 16.6. The number of pyridine rings is 1. The van der Waals surface area contributed by atoms with Crippen LogP contribution in [0.2, 0.25) is 0 Å². The zero-order chi connectivity index (χ0) is 20.9. The summed E-state index contributed by atoms with van der Waals surface area (Å²) in [6.07, 6.45) is 3.70. The predicted octanol–water partition coefficient (Wildman–Crippen LogP) is 2.55. The average molecular weight is 401 g/mol. The molecule has 4 rings (SSSR count). The summed E-state index contributed by atoms with van der Waals surface area (Å²) in [5.41, 5.74) is 2.87. The highest BCUT2D eigenvalue weighted by atomic mass is 16.2. The number of carbonyl (C=O) groups is 2. The first-order valence-corrected chi connectivity index (χ1v) is 9.89. The van der Waals surface area contributed by atoms with E-state index >= 15 is 0 Å². The van der Waals surface area contributed by atoms with E-state index in [0.29, 0.717) is 43.1 Å². The molecule has 0 spiro atoms. The number of benzene rings is 1. The second kappa shape index (κ2) is 8.73. The van der Waals surface area contributed by atoms with Crippen molar-refractivity contribution in [2.45, 2.75) is 12.5 Å². The van der Waals surface area contributed by atoms with Gasteiger partial charge in [0.1, 0.15) is 11.4 Å². The van der Waals surface area contributed by atoms with E-state index < -0.39 is 0 Å². The second-order valence-corrected chi connectivity index (χ2v) is 7.21. The fourth-order valence-corrected chi connectivity index (χ4v) is 3.76. The highest BCUT2D eigenvalue weighted by molar-refractivity contribution is 5.94. The highest BCUT2D eigenvalue weighted by Gasteiger charge is 2.32. The van der Waals surface area contributed by atoms with Crippen molar-refractivity contribution in [2.75, 3.05) is 19.6 Å². The van der Waals surface area contributed by atoms with Crippen molar-refractivity contribution in [2.24, 2.45) is 0 Å². The van der Waals surface area contributed by atoms with E-state index in [4.69, 9.17) is 0 Å². The molecule has 0 saturated carbocycles. The molecule has 0 radical (unpaired) electrons. The molecule has 1 N–H and O–H groups in total. The normalized spacial score (nSPS) is 16.3. The fraction of sp³-hybridized carbons (Fsp3) is 0.217. The first-order valence-electron chi connectivity index (χ1n) is 9.89. The molecular formula is C23H23N5O2. The van der Waals surface area contributed by atoms with Crippen LogP contribution in [0.15, 0.2) is 73.4 Å². The molecule has 3 aromatic rings. The number of piperazine rings is 1. The van der Waals surface area contributed by atoms with Crippen molar-refractivity contribution in [1.29, 1.82) is 0 Å². The molecule has 2 aromatic heterocycles. The number of amides is 2. The molecule has 7 heteroatoms. The summed E-state index contributed by atoms with van der Waals surface area (Å²) in [6.45, 7) is 5.00. The molecule has 1 aliphatic heterocycles. The number of rotatable bonds is 5. The van der Waals surface area contributed by atoms with E-state index in [1.54, 1.807) is 22.1 Å². The number of hydrogen-bond donors (Lipinski definition) is 1. The molecule has 3 heterocycles. The number of H-pyrrole nitrogens is 1. The number of nitrogens with zero attached hydrogens (tertiary/aromatic N) is 4. The van der Waals surface area contributed by atoms with Gasteiger partial charge in [-0.2, -0.15) is 5.10 Å². The van der Waals surface area contributed by atoms with Gasteiger partial charge in [-0.25, -0.2) is 0 Å². The quantitative estimate of drug-likeness (QED) is 0.666. The molecule has 1 fully saturated rings. The first-order chi connectivity index (χ1) is 14.7. The predicted molar refractivity (Wildman–Crippen MR) is 114 cm³/mol. The molecule has 1 atom stereocenters. The maximum atomic E-state index is 13.1. The molecule has 152 valence electrons. The Hall–Kier alpha value is -3.74. The van der Waals surface area contributed by atoms with E-state index in [2.05, 4.69) is 21.8 Å². The second-order valence-electron chi connectivity index (χ2n) is 7.21. The summed E-state index contributed by atoms with van der Waals surface area (Å²) in [6, 6.07) is 17.1. The number of aromatic amines is 1. The summed E-state index contributed by atoms with van der Waals surface area (Å²) >= 11 is 0. The summed E-state index contributed by atoms with van der Waals surface area (Å²) in [5, 5.41) is 7.07. The molecule has 0 aliphatic carbocycles. The molecule has 1 saturated heterocycles. The third-order valence-corrected chi connectivity index (χ3v) is 5.28. The summed E-state index contributed by atoms with van der Waals surface area (Å²) < 4.78 is 0. The van der Waals surface area contributed by atoms with Gasteiger partial charge < -0.3 is 9.80 Å². The van der Waals surface area contributed by atoms with Crippen molar-refractivity contribution in [3.05, 3.63) is 84.7 Å². The molecule has 7 nitrogen and oxygen atoms in total. The van der Waals surface area contributed by atoms with Crippen molar-refractivity contribution in [1.82, 2.24) is 25.0 Å². The Labute approximate surface area is 175 Å². The largest absolute Gasteiger partial charge is 0.333 e. The maximum absolute atomic E-state index is 13.1. The number of aromatic nitrogens is 3. The Kier molecular flexibility index (Phi) is 5.70. The molecule has 30 heavy (non-hydrogen) atoms. The van der Waals surface area contributed by atoms with E-state index in [1.807, 2.05) is 48.5 Å². The number of carbonyl (C=O) groups excluding carboxylic acids is 2. The Balaban J connectivity index is 1.52. The lowest BCUT2D eigenvalue weighted by atomic mass is 10.0. The van der Waals surface area contributed by atoms with Crippen LogP contribution in [0, 0.1) is 0 Å². The number of nitrogens with one attached hydrogen (secondary N) is 1. The van der Waals surface area contributed by atoms with Gasteiger partial charge in [0, 0.05) is 25.8 Å². The minimum absolute atomic E-state index is 0.109. The molecule has 2 amide bonds. The SMILES string of the molecule is C=CC(=O)N1CCN(C(=O)c2cc(-c3ccccn3)n[nH]2)C[C@@H]1Cc1ccccc1. The minimum atomic E-state index is -0.131. The molecule has 0 unspecified atom stereocenters. The maximum Gasteiger partial charge on any atom is 0.272 e. The lowest BCUT2D eigenvalue weighted by Gasteiger charge is -2.41. The molecular weight excluding hydrogens is 378 g/mol. The Morgan fingerprint density at radius 2 is 1.90 bits per heavy atom. The van der Waals surface area contributed by atoms with Crippen LogP contribution in [0.5, 0.6) is 0 Å². The molecule has 0 bridgehead atoms. The van der Waals surface area contributed by atoms with Gasteiger partial charge in [-0.1, -0.05) is 43.0 Å². The Bertz CT molecular complexity index is 1030. The van der Waals surface area contributed by atoms with Gasteiger partial charge in [-0.05, 0) is 36.3 Å². The number of hydrogen-bond acceptors (Lipinski definition) is 4. The van der Waals surface area contributed by atoms with Crippen LogP contribution in [0.3, 0.4) is 0 Å². The lowest BCUT2D eigenvalue weighted by molar-refractivity contribution is -0.130. The van der Waals surface area contributed by atoms with Crippen LogP contribution in [-0.2, 0) is 11.2 Å². The standard InChI is InChI=1S/C23H23N5O2/c1-2-22(29)28-13-12-27(16-18(28)14-17-8-4-3-5-9-17)23(30)21-15-20(25-26-21)19-10-6-7-11-24-19/h2-11,15,18H,1,12-14,16H2,(H,25,26)/t18-/m0/s1. The topological polar surface area (TPSA) is 82.2 Å². The zero-order valence-electron chi connectivity index (χ0n) is 16.6. The van der Waals surface area contributed by atoms with Crippen LogP contribution < -0.4 is 0 Å². The van der Waals surface area contributed by atoms with Crippen molar-refractivity contribution >= 4 is 11.8 Å². The van der Waals surface area contributed by atoms with Crippen LogP contribution in [-0.4, -0.2) is 62.5 Å². The minimum Gasteiger partial charge on any atom is -0.333 e. The van der Waals surface area contributed by atoms with Crippen molar-refractivity contribution in [3.63, 3.8) is 0 Å². The van der Waals surface area contributed by atoms with Gasteiger partial charge in [0.15, 0.2) is 0 Å². The van der Waals surface area contributed by atoms with Crippen molar-refractivity contribution in [3.8, 4) is 11.4 Å². The van der Waals surface area contributed by atoms with E-state index in [1.165, 1.54) is 6.08 Å². The Morgan fingerprint density at radius 3 is 2.63 bits per heavy atom. The van der Waals surface area contributed by atoms with Gasteiger partial charge >= 0.3 is 0 Å². The van der Waals surface area contributed by atoms with Gasteiger partial charge in [0.2, 0.25) is 5.91 Å². The molecule has 1 aliphatic rings. The molecule has 1 aromatic carbocycles. The summed E-state index contributed by atoms with van der Waals surface area (Å²) in [7, 11) is 0. The Morgan fingerprint density at radius 1 is 1.10 bits per heavy atom. The van der Waals surface area contributed by atoms with Gasteiger partial charge in [0.25, 0.3) is 5.91 Å². The van der Waals surface area contributed by atoms with Crippen LogP contribution in [0.4, 0.5) is 0 Å². The monoisotopic (exact) mass is 401 g/mol. The van der Waals surface area contributed by atoms with Gasteiger partial charge in [0.05, 0.1) is 11.7 Å². The third kappa shape index (κ3) is 4.15. The van der Waals surface area contributed by atoms with Gasteiger partial charge in [-0.15, -0.1) is 0 Å². The first kappa shape index (κ1) is 19.6. The highest BCUT2D eigenvalue weighted by Crippen LogP contribution is 2.19. The summed E-state index contributed by atoms with van der Waals surface area (Å²) in [4.78, 5) is 33.3. The van der Waals surface area contributed by atoms with E-state index in [9.17, 15) is 9.59 Å². The van der Waals surface area contributed by atoms with Crippen LogP contribution in [0.1, 0.15) is 16.1 Å². The third-order valence-electron chi connectivity index (χ3n) is 5.28. The van der Waals surface area contributed by atoms with Crippen LogP contribution >= 0.6 is 0 Å². The van der Waals surface area contributed by atoms with Crippen LogP contribution in [0.25, 0.3) is 11.4 Å². The smallest absolute Gasteiger partial charge is 0.272 e. The summed E-state index contributed by atoms with van der Waals surface area (Å²) in [5.74, 6) is -0.240. The van der Waals surface area contributed by atoms with Gasteiger partial charge in [-0.3, -0.25) is 19.7 Å². The van der Waals surface area contributed by atoms with E-state index in [-0.39, 0.29) is 17.9 Å². The average Bonchev–Trinajstić information content (AvgIpc) is 3.30. The lowest BCUT2D eigenvalue weighted by Crippen LogP contribution is -2.57. The van der Waals surface area contributed by atoms with Crippen molar-refractivity contribution < 1.29 is 9.59 Å². The van der Waals surface area contributed by atoms with E-state index in [0.717, 1.165) is 5.56 Å². The fourth-order valence-electron chi connectivity index (χ4n) is 3.76.